The molecule has 0 N–H and O–H groups in total. The highest BCUT2D eigenvalue weighted by molar-refractivity contribution is 9.10. The van der Waals surface area contributed by atoms with Gasteiger partial charge >= 0.3 is 5.51 Å². The van der Waals surface area contributed by atoms with E-state index >= 15 is 0 Å². The van der Waals surface area contributed by atoms with Gasteiger partial charge < -0.3 is 4.57 Å². The lowest BCUT2D eigenvalue weighted by molar-refractivity contribution is -0.0329. The Morgan fingerprint density at radius 2 is 2.00 bits per heavy atom. The van der Waals surface area contributed by atoms with Crippen LogP contribution in [0.15, 0.2) is 44.9 Å². The summed E-state index contributed by atoms with van der Waals surface area (Å²) < 4.78 is 40.5. The molecule has 25 heavy (non-hydrogen) atoms. The van der Waals surface area contributed by atoms with Gasteiger partial charge in [0.05, 0.1) is 17.2 Å². The first kappa shape index (κ1) is 18.6. The molecule has 3 rings (SSSR count). The van der Waals surface area contributed by atoms with Crippen LogP contribution < -0.4 is 0 Å². The first-order valence-corrected chi connectivity index (χ1v) is 9.89. The van der Waals surface area contributed by atoms with Gasteiger partial charge in [-0.3, -0.25) is 0 Å². The summed E-state index contributed by atoms with van der Waals surface area (Å²) in [6.07, 6.45) is 1.44. The van der Waals surface area contributed by atoms with Crippen LogP contribution in [-0.4, -0.2) is 25.8 Å². The maximum atomic E-state index is 12.6. The van der Waals surface area contributed by atoms with E-state index in [1.54, 1.807) is 11.8 Å². The van der Waals surface area contributed by atoms with E-state index in [1.165, 1.54) is 12.3 Å². The van der Waals surface area contributed by atoms with Gasteiger partial charge in [0, 0.05) is 33.7 Å². The minimum atomic E-state index is -4.37. The lowest BCUT2D eigenvalue weighted by atomic mass is 10.2. The fourth-order valence-electron chi connectivity index (χ4n) is 2.44. The summed E-state index contributed by atoms with van der Waals surface area (Å²) in [5.74, 6) is 1.61. The molecule has 2 heterocycles. The third-order valence-corrected chi connectivity index (χ3v) is 5.54. The van der Waals surface area contributed by atoms with Gasteiger partial charge in [0.25, 0.3) is 0 Å². The molecule has 2 aromatic heterocycles. The highest BCUT2D eigenvalue weighted by atomic mass is 79.9. The third kappa shape index (κ3) is 4.15. The molecular weight excluding hydrogens is 435 g/mol. The Morgan fingerprint density at radius 1 is 1.24 bits per heavy atom. The molecule has 0 radical (unpaired) electrons. The molecule has 0 atom stereocenters. The maximum Gasteiger partial charge on any atom is 0.447 e. The monoisotopic (exact) mass is 447 g/mol. The van der Waals surface area contributed by atoms with Gasteiger partial charge in [0.15, 0.2) is 0 Å². The van der Waals surface area contributed by atoms with Crippen LogP contribution in [-0.2, 0) is 7.05 Å². The number of thioether (sulfide) groups is 2. The van der Waals surface area contributed by atoms with Crippen LogP contribution in [0.2, 0.25) is 0 Å². The number of rotatable bonds is 4. The van der Waals surface area contributed by atoms with Crippen molar-refractivity contribution in [1.29, 1.82) is 0 Å². The molecule has 132 valence electrons. The van der Waals surface area contributed by atoms with Crippen LogP contribution in [0.5, 0.6) is 0 Å². The Balaban J connectivity index is 2.10. The lowest BCUT2D eigenvalue weighted by Crippen LogP contribution is -2.00. The predicted octanol–water partition coefficient (Wildman–Crippen LogP) is 6.12. The SMILES string of the molecule is CCSc1cc(Br)ccc1-c1nc2cc(SC(F)(F)F)ncc2n1C. The van der Waals surface area contributed by atoms with E-state index in [-0.39, 0.29) is 16.8 Å². The van der Waals surface area contributed by atoms with Crippen LogP contribution in [0.1, 0.15) is 6.92 Å². The van der Waals surface area contributed by atoms with Crippen molar-refractivity contribution in [3.63, 3.8) is 0 Å². The van der Waals surface area contributed by atoms with Gasteiger partial charge in [0.2, 0.25) is 0 Å². The van der Waals surface area contributed by atoms with Crippen LogP contribution >= 0.6 is 39.5 Å². The van der Waals surface area contributed by atoms with Gasteiger partial charge in [-0.15, -0.1) is 11.8 Å². The molecule has 0 saturated heterocycles. The van der Waals surface area contributed by atoms with Crippen molar-refractivity contribution in [3.05, 3.63) is 34.9 Å². The zero-order valence-corrected chi connectivity index (χ0v) is 16.5. The second kappa shape index (κ2) is 7.20. The lowest BCUT2D eigenvalue weighted by Gasteiger charge is -2.09. The summed E-state index contributed by atoms with van der Waals surface area (Å²) in [5, 5.41) is -0.108. The maximum absolute atomic E-state index is 12.6. The number of imidazole rings is 1. The average molecular weight is 448 g/mol. The number of nitrogens with zero attached hydrogens (tertiary/aromatic N) is 3. The number of alkyl halides is 3. The topological polar surface area (TPSA) is 30.7 Å². The number of aromatic nitrogens is 3. The Labute approximate surface area is 159 Å². The van der Waals surface area contributed by atoms with Crippen molar-refractivity contribution in [1.82, 2.24) is 14.5 Å². The second-order valence-corrected chi connectivity index (χ2v) is 8.43. The van der Waals surface area contributed by atoms with Crippen molar-refractivity contribution in [2.75, 3.05) is 5.75 Å². The Bertz CT molecular complexity index is 925. The summed E-state index contributed by atoms with van der Waals surface area (Å²) in [7, 11) is 1.84. The molecule has 0 aliphatic carbocycles. The normalized spacial score (nSPS) is 12.1. The fourth-order valence-corrected chi connectivity index (χ4v) is 4.30. The van der Waals surface area contributed by atoms with Crippen molar-refractivity contribution >= 4 is 50.5 Å². The first-order valence-electron chi connectivity index (χ1n) is 7.29. The summed E-state index contributed by atoms with van der Waals surface area (Å²) >= 11 is 4.93. The largest absolute Gasteiger partial charge is 0.447 e. The second-order valence-electron chi connectivity index (χ2n) is 5.13. The van der Waals surface area contributed by atoms with E-state index < -0.39 is 5.51 Å². The zero-order chi connectivity index (χ0) is 18.2. The minimum Gasteiger partial charge on any atom is -0.326 e. The van der Waals surface area contributed by atoms with E-state index in [2.05, 4.69) is 32.8 Å². The fraction of sp³-hybridized carbons (Fsp3) is 0.250. The number of fused-ring (bicyclic) bond motifs is 1. The standard InChI is InChI=1S/C16H13BrF3N3S2/c1-3-24-13-6-9(17)4-5-10(13)15-22-11-7-14(25-16(18,19)20)21-8-12(11)23(15)2/h4-8H,3H2,1-2H3. The number of benzene rings is 1. The van der Waals surface area contributed by atoms with Crippen molar-refractivity contribution in [3.8, 4) is 11.4 Å². The van der Waals surface area contributed by atoms with Crippen LogP contribution in [0.25, 0.3) is 22.4 Å². The Morgan fingerprint density at radius 3 is 2.68 bits per heavy atom. The summed E-state index contributed by atoms with van der Waals surface area (Å²) in [6, 6.07) is 7.29. The van der Waals surface area contributed by atoms with Crippen LogP contribution in [0.4, 0.5) is 13.2 Å². The van der Waals surface area contributed by atoms with Gasteiger partial charge in [-0.25, -0.2) is 9.97 Å². The van der Waals surface area contributed by atoms with Gasteiger partial charge in [0.1, 0.15) is 10.9 Å². The number of hydrogen-bond donors (Lipinski definition) is 0. The Kier molecular flexibility index (Phi) is 5.36. The highest BCUT2D eigenvalue weighted by Crippen LogP contribution is 2.38. The minimum absolute atomic E-state index is 0.108. The van der Waals surface area contributed by atoms with Crippen molar-refractivity contribution in [2.24, 2.45) is 7.05 Å². The van der Waals surface area contributed by atoms with E-state index in [0.29, 0.717) is 16.9 Å². The average Bonchev–Trinajstić information content (AvgIpc) is 2.83. The molecule has 0 fully saturated rings. The molecule has 0 unspecified atom stereocenters. The number of halogens is 4. The van der Waals surface area contributed by atoms with Crippen molar-refractivity contribution < 1.29 is 13.2 Å². The molecule has 0 saturated carbocycles. The molecule has 0 amide bonds. The molecule has 0 aliphatic rings. The van der Waals surface area contributed by atoms with E-state index in [4.69, 9.17) is 0 Å². The smallest absolute Gasteiger partial charge is 0.326 e. The molecule has 3 aromatic rings. The van der Waals surface area contributed by atoms with Crippen molar-refractivity contribution in [2.45, 2.75) is 22.4 Å². The predicted molar refractivity (Wildman–Crippen MR) is 100.0 cm³/mol. The molecular formula is C16H13BrF3N3S2. The van der Waals surface area contributed by atoms with Gasteiger partial charge in [-0.05, 0) is 30.0 Å². The van der Waals surface area contributed by atoms with Gasteiger partial charge in [-0.1, -0.05) is 22.9 Å². The summed E-state index contributed by atoms with van der Waals surface area (Å²) in [5.41, 5.74) is -2.24. The summed E-state index contributed by atoms with van der Waals surface area (Å²) in [6.45, 7) is 2.06. The zero-order valence-electron chi connectivity index (χ0n) is 13.3. The molecule has 1 aromatic carbocycles. The molecule has 3 nitrogen and oxygen atoms in total. The van der Waals surface area contributed by atoms with Crippen LogP contribution in [0, 0.1) is 0 Å². The van der Waals surface area contributed by atoms with Gasteiger partial charge in [-0.2, -0.15) is 13.2 Å². The summed E-state index contributed by atoms with van der Waals surface area (Å²) in [4.78, 5) is 9.52. The van der Waals surface area contributed by atoms with E-state index in [1.807, 2.05) is 29.8 Å². The molecule has 0 spiro atoms. The molecule has 0 bridgehead atoms. The number of pyridine rings is 1. The number of aryl methyl sites for hydroxylation is 1. The molecule has 9 heteroatoms. The van der Waals surface area contributed by atoms with E-state index in [0.717, 1.165) is 20.7 Å². The highest BCUT2D eigenvalue weighted by Gasteiger charge is 2.30. The quantitative estimate of drug-likeness (QED) is 0.450. The number of hydrogen-bond acceptors (Lipinski definition) is 4. The molecule has 0 aliphatic heterocycles. The first-order chi connectivity index (χ1) is 11.8. The van der Waals surface area contributed by atoms with E-state index in [9.17, 15) is 13.2 Å². The van der Waals surface area contributed by atoms with Crippen LogP contribution in [0.3, 0.4) is 0 Å². The third-order valence-electron chi connectivity index (χ3n) is 3.45. The Hall–Kier alpha value is -1.19.